The van der Waals surface area contributed by atoms with Crippen LogP contribution in [0.5, 0.6) is 0 Å². The predicted molar refractivity (Wildman–Crippen MR) is 157 cm³/mol. The zero-order chi connectivity index (χ0) is 30.2. The van der Waals surface area contributed by atoms with Gasteiger partial charge in [-0.2, -0.15) is 0 Å². The summed E-state index contributed by atoms with van der Waals surface area (Å²) < 4.78 is 33.5. The van der Waals surface area contributed by atoms with Crippen molar-refractivity contribution in [2.45, 2.75) is 95.9 Å². The van der Waals surface area contributed by atoms with Crippen LogP contribution < -0.4 is 10.6 Å². The Bertz CT molecular complexity index is 1470. The van der Waals surface area contributed by atoms with E-state index in [0.717, 1.165) is 42.5 Å². The van der Waals surface area contributed by atoms with E-state index in [1.54, 1.807) is 32.9 Å². The van der Waals surface area contributed by atoms with Crippen LogP contribution in [0.2, 0.25) is 0 Å². The number of benzene rings is 1. The highest BCUT2D eigenvalue weighted by Gasteiger charge is 2.36. The molecule has 2 fully saturated rings. The van der Waals surface area contributed by atoms with Crippen molar-refractivity contribution in [1.29, 1.82) is 0 Å². The highest BCUT2D eigenvalue weighted by Crippen LogP contribution is 2.38. The van der Waals surface area contributed by atoms with Crippen molar-refractivity contribution >= 4 is 46.2 Å². The number of fused-ring (bicyclic) bond motifs is 1. The maximum absolute atomic E-state index is 13.4. The van der Waals surface area contributed by atoms with Crippen LogP contribution in [0.4, 0.5) is 19.5 Å². The first-order valence-electron chi connectivity index (χ1n) is 14.4. The van der Waals surface area contributed by atoms with E-state index < -0.39 is 24.0 Å². The molecule has 0 bridgehead atoms. The normalized spacial score (nSPS) is 19.4. The molecule has 0 unspecified atom stereocenters. The topological polar surface area (TPSA) is 106 Å². The van der Waals surface area contributed by atoms with Gasteiger partial charge in [-0.15, -0.1) is 11.3 Å². The number of carbonyl (C=O) groups excluding carboxylic acids is 3. The second kappa shape index (κ2) is 12.0. The van der Waals surface area contributed by atoms with E-state index in [-0.39, 0.29) is 39.7 Å². The minimum atomic E-state index is -2.66. The average Bonchev–Trinajstić information content (AvgIpc) is 3.54. The zero-order valence-electron chi connectivity index (χ0n) is 24.3. The lowest BCUT2D eigenvalue weighted by molar-refractivity contribution is 0.0458. The average molecular weight is 602 g/mol. The predicted octanol–water partition coefficient (Wildman–Crippen LogP) is 6.92. The summed E-state index contributed by atoms with van der Waals surface area (Å²) in [7, 11) is 1.84. The molecule has 3 amide bonds. The molecule has 5 rings (SSSR count). The molecule has 1 aromatic carbocycles. The monoisotopic (exact) mass is 601 g/mol. The Morgan fingerprint density at radius 2 is 1.81 bits per heavy atom. The number of halogens is 2. The molecule has 0 spiro atoms. The smallest absolute Gasteiger partial charge is 0.407 e. The zero-order valence-corrected chi connectivity index (χ0v) is 25.1. The van der Waals surface area contributed by atoms with Crippen LogP contribution in [0.1, 0.15) is 103 Å². The fourth-order valence-corrected chi connectivity index (χ4v) is 6.43. The van der Waals surface area contributed by atoms with Gasteiger partial charge in [-0.05, 0) is 76.8 Å². The Balaban J connectivity index is 1.40. The van der Waals surface area contributed by atoms with Crippen LogP contribution >= 0.6 is 11.3 Å². The molecular formula is C30H37F2N5O4S. The van der Waals surface area contributed by atoms with E-state index in [1.165, 1.54) is 18.6 Å². The third-order valence-electron chi connectivity index (χ3n) is 7.87. The van der Waals surface area contributed by atoms with Gasteiger partial charge in [-0.25, -0.2) is 18.6 Å². The SMILES string of the molecule is CN(C(=O)c1ccc2c(c1)nc(NC(=O)c1ccc(C(F)F)s1)n2C1CC(NC(=O)OC(C)(C)C)C1)C1CCCCC1. The molecule has 12 heteroatoms. The van der Waals surface area contributed by atoms with Crippen molar-refractivity contribution in [3.05, 3.63) is 45.6 Å². The Kier molecular flexibility index (Phi) is 8.54. The molecular weight excluding hydrogens is 564 g/mol. The Hall–Kier alpha value is -3.54. The van der Waals surface area contributed by atoms with Crippen LogP contribution in [0, 0.1) is 0 Å². The van der Waals surface area contributed by atoms with Crippen molar-refractivity contribution in [1.82, 2.24) is 19.8 Å². The number of alkyl halides is 2. The van der Waals surface area contributed by atoms with Gasteiger partial charge in [0.1, 0.15) is 5.60 Å². The Morgan fingerprint density at radius 3 is 2.45 bits per heavy atom. The third kappa shape index (κ3) is 6.58. The molecule has 0 radical (unpaired) electrons. The number of aromatic nitrogens is 2. The van der Waals surface area contributed by atoms with Crippen LogP contribution in [-0.2, 0) is 4.74 Å². The van der Waals surface area contributed by atoms with E-state index in [1.807, 2.05) is 22.6 Å². The summed E-state index contributed by atoms with van der Waals surface area (Å²) in [4.78, 5) is 45.1. The summed E-state index contributed by atoms with van der Waals surface area (Å²) in [6.07, 6.45) is 3.41. The van der Waals surface area contributed by atoms with Crippen LogP contribution in [0.25, 0.3) is 11.0 Å². The number of thiophene rings is 1. The van der Waals surface area contributed by atoms with Gasteiger partial charge in [0, 0.05) is 30.7 Å². The van der Waals surface area contributed by atoms with Gasteiger partial charge in [0.05, 0.1) is 20.8 Å². The lowest BCUT2D eigenvalue weighted by atomic mass is 9.86. The highest BCUT2D eigenvalue weighted by atomic mass is 32.1. The van der Waals surface area contributed by atoms with Gasteiger partial charge in [0.25, 0.3) is 18.2 Å². The molecule has 2 heterocycles. The highest BCUT2D eigenvalue weighted by molar-refractivity contribution is 7.14. The summed E-state index contributed by atoms with van der Waals surface area (Å²) in [5.41, 5.74) is 1.16. The fourth-order valence-electron chi connectivity index (χ4n) is 5.67. The fraction of sp³-hybridized carbons (Fsp3) is 0.533. The second-order valence-electron chi connectivity index (χ2n) is 12.1. The summed E-state index contributed by atoms with van der Waals surface area (Å²) >= 11 is 0.733. The first-order chi connectivity index (χ1) is 19.9. The molecule has 42 heavy (non-hydrogen) atoms. The molecule has 0 saturated heterocycles. The maximum atomic E-state index is 13.4. The minimum Gasteiger partial charge on any atom is -0.444 e. The van der Waals surface area contributed by atoms with Crippen molar-refractivity contribution in [3.8, 4) is 0 Å². The molecule has 0 aliphatic heterocycles. The maximum Gasteiger partial charge on any atom is 0.407 e. The van der Waals surface area contributed by atoms with Gasteiger partial charge in [0.15, 0.2) is 0 Å². The number of nitrogens with one attached hydrogen (secondary N) is 2. The van der Waals surface area contributed by atoms with E-state index in [4.69, 9.17) is 4.74 Å². The standard InChI is InChI=1S/C30H37F2N5O4S/c1-30(2,3)41-29(40)33-18-15-20(16-18)37-22-11-10-17(27(39)36(4)19-8-6-5-7-9-19)14-21(22)34-28(37)35-26(38)24-13-12-23(42-24)25(31)32/h10-14,18-20,25H,5-9,15-16H2,1-4H3,(H,33,40)(H,34,35,38). The molecule has 2 aromatic heterocycles. The molecule has 2 saturated carbocycles. The van der Waals surface area contributed by atoms with E-state index >= 15 is 0 Å². The lowest BCUT2D eigenvalue weighted by Crippen LogP contribution is -2.46. The Morgan fingerprint density at radius 1 is 1.10 bits per heavy atom. The summed E-state index contributed by atoms with van der Waals surface area (Å²) in [5, 5.41) is 5.68. The number of hydrogen-bond acceptors (Lipinski definition) is 6. The second-order valence-corrected chi connectivity index (χ2v) is 13.3. The van der Waals surface area contributed by atoms with Gasteiger partial charge >= 0.3 is 6.09 Å². The van der Waals surface area contributed by atoms with Gasteiger partial charge in [0.2, 0.25) is 5.95 Å². The van der Waals surface area contributed by atoms with Crippen molar-refractivity contribution < 1.29 is 27.9 Å². The van der Waals surface area contributed by atoms with Crippen LogP contribution in [0.15, 0.2) is 30.3 Å². The third-order valence-corrected chi connectivity index (χ3v) is 8.96. The number of alkyl carbamates (subject to hydrolysis) is 1. The number of hydrogen-bond donors (Lipinski definition) is 2. The van der Waals surface area contributed by atoms with Crippen molar-refractivity contribution in [3.63, 3.8) is 0 Å². The summed E-state index contributed by atoms with van der Waals surface area (Å²) in [6.45, 7) is 5.39. The number of ether oxygens (including phenoxy) is 1. The van der Waals surface area contributed by atoms with E-state index in [0.29, 0.717) is 23.9 Å². The number of rotatable bonds is 7. The van der Waals surface area contributed by atoms with Gasteiger partial charge < -0.3 is 19.5 Å². The molecule has 9 nitrogen and oxygen atoms in total. The molecule has 2 aliphatic rings. The first-order valence-corrected chi connectivity index (χ1v) is 15.2. The van der Waals surface area contributed by atoms with Crippen LogP contribution in [0.3, 0.4) is 0 Å². The van der Waals surface area contributed by atoms with Crippen molar-refractivity contribution in [2.75, 3.05) is 12.4 Å². The molecule has 0 atom stereocenters. The number of nitrogens with zero attached hydrogens (tertiary/aromatic N) is 3. The van der Waals surface area contributed by atoms with E-state index in [9.17, 15) is 23.2 Å². The number of anilines is 1. The first kappa shape index (κ1) is 29.9. The lowest BCUT2D eigenvalue weighted by Gasteiger charge is -2.37. The minimum absolute atomic E-state index is 0.0766. The number of carbonyl (C=O) groups is 3. The molecule has 2 aliphatic carbocycles. The number of imidazole rings is 1. The van der Waals surface area contributed by atoms with Gasteiger partial charge in [-0.3, -0.25) is 14.9 Å². The van der Waals surface area contributed by atoms with E-state index in [2.05, 4.69) is 15.6 Å². The summed E-state index contributed by atoms with van der Waals surface area (Å²) in [5.74, 6) is -0.361. The van der Waals surface area contributed by atoms with Crippen LogP contribution in [-0.4, -0.2) is 57.1 Å². The summed E-state index contributed by atoms with van der Waals surface area (Å²) in [6, 6.07) is 7.94. The quantitative estimate of drug-likeness (QED) is 0.306. The van der Waals surface area contributed by atoms with Gasteiger partial charge in [-0.1, -0.05) is 19.3 Å². The number of amides is 3. The van der Waals surface area contributed by atoms with Crippen molar-refractivity contribution in [2.24, 2.45) is 0 Å². The molecule has 2 N–H and O–H groups in total. The molecule has 3 aromatic rings. The largest absolute Gasteiger partial charge is 0.444 e. The Labute approximate surface area is 247 Å². The molecule has 226 valence electrons.